The molecule has 7 heteroatoms. The third kappa shape index (κ3) is 3.34. The van der Waals surface area contributed by atoms with Crippen molar-refractivity contribution in [1.82, 2.24) is 9.55 Å². The van der Waals surface area contributed by atoms with Crippen molar-refractivity contribution in [3.8, 4) is 5.75 Å². The van der Waals surface area contributed by atoms with Crippen LogP contribution in [0.1, 0.15) is 23.0 Å². The number of benzene rings is 2. The standard InChI is InChI=1S/C21H21N5O2/c1-13-8-10-15(11-9-13)19-24-20(23-16-6-4-5-7-17(16)28-3)25-21-22-14(2)12-18(27)26(19)21/h4-12,19H,1-3H3,(H2,22,23,24,25)/t19-/m0/s1. The SMILES string of the molecule is COc1ccccc1NC1=N[C@H](c2ccc(C)cc2)n2c(nc(C)cc2=O)N1. The lowest BCUT2D eigenvalue weighted by Crippen LogP contribution is -2.37. The van der Waals surface area contributed by atoms with Gasteiger partial charge in [-0.1, -0.05) is 42.0 Å². The van der Waals surface area contributed by atoms with Crippen LogP contribution < -0.4 is 20.9 Å². The fourth-order valence-corrected chi connectivity index (χ4v) is 3.15. The molecule has 2 aromatic carbocycles. The van der Waals surface area contributed by atoms with Crippen LogP contribution in [0.2, 0.25) is 0 Å². The third-order valence-electron chi connectivity index (χ3n) is 4.54. The molecule has 1 aliphatic rings. The summed E-state index contributed by atoms with van der Waals surface area (Å²) in [6.45, 7) is 3.82. The smallest absolute Gasteiger partial charge is 0.257 e. The molecule has 2 heterocycles. The maximum Gasteiger partial charge on any atom is 0.257 e. The van der Waals surface area contributed by atoms with Gasteiger partial charge in [-0.25, -0.2) is 9.98 Å². The number of anilines is 2. The van der Waals surface area contributed by atoms with Crippen LogP contribution in [0, 0.1) is 13.8 Å². The molecule has 0 radical (unpaired) electrons. The summed E-state index contributed by atoms with van der Waals surface area (Å²) in [6, 6.07) is 17.1. The number of aliphatic imine (C=N–C) groups is 1. The van der Waals surface area contributed by atoms with E-state index in [1.54, 1.807) is 18.6 Å². The van der Waals surface area contributed by atoms with Gasteiger partial charge < -0.3 is 10.1 Å². The number of hydrogen-bond acceptors (Lipinski definition) is 6. The van der Waals surface area contributed by atoms with Gasteiger partial charge in [0.15, 0.2) is 6.17 Å². The number of methoxy groups -OCH3 is 1. The first-order valence-electron chi connectivity index (χ1n) is 8.97. The fraction of sp³-hybridized carbons (Fsp3) is 0.190. The summed E-state index contributed by atoms with van der Waals surface area (Å²) in [7, 11) is 1.62. The van der Waals surface area contributed by atoms with E-state index in [9.17, 15) is 4.79 Å². The number of fused-ring (bicyclic) bond motifs is 1. The molecule has 0 amide bonds. The van der Waals surface area contributed by atoms with Gasteiger partial charge in [0.1, 0.15) is 5.75 Å². The van der Waals surface area contributed by atoms with Crippen molar-refractivity contribution in [3.05, 3.63) is 81.8 Å². The molecule has 2 N–H and O–H groups in total. The Morgan fingerprint density at radius 3 is 2.61 bits per heavy atom. The Morgan fingerprint density at radius 1 is 1.11 bits per heavy atom. The summed E-state index contributed by atoms with van der Waals surface area (Å²) in [5.74, 6) is 1.63. The predicted octanol–water partition coefficient (Wildman–Crippen LogP) is 3.31. The van der Waals surface area contributed by atoms with Gasteiger partial charge in [-0.15, -0.1) is 0 Å². The van der Waals surface area contributed by atoms with Gasteiger partial charge in [0, 0.05) is 11.8 Å². The zero-order chi connectivity index (χ0) is 19.7. The van der Waals surface area contributed by atoms with Crippen molar-refractivity contribution in [2.24, 2.45) is 4.99 Å². The second-order valence-electron chi connectivity index (χ2n) is 6.64. The quantitative estimate of drug-likeness (QED) is 0.734. The molecule has 0 unspecified atom stereocenters. The molecular weight excluding hydrogens is 354 g/mol. The van der Waals surface area contributed by atoms with E-state index in [4.69, 9.17) is 9.73 Å². The molecule has 0 bridgehead atoms. The highest BCUT2D eigenvalue weighted by Gasteiger charge is 2.25. The molecule has 0 fully saturated rings. The van der Waals surface area contributed by atoms with Gasteiger partial charge in [0.05, 0.1) is 12.8 Å². The summed E-state index contributed by atoms with van der Waals surface area (Å²) in [4.78, 5) is 21.9. The molecule has 1 atom stereocenters. The Balaban J connectivity index is 1.80. The van der Waals surface area contributed by atoms with Crippen molar-refractivity contribution in [2.45, 2.75) is 20.0 Å². The average Bonchev–Trinajstić information content (AvgIpc) is 2.68. The maximum absolute atomic E-state index is 12.7. The molecule has 3 aromatic rings. The van der Waals surface area contributed by atoms with E-state index in [0.717, 1.165) is 16.8 Å². The molecule has 28 heavy (non-hydrogen) atoms. The van der Waals surface area contributed by atoms with Gasteiger partial charge >= 0.3 is 0 Å². The number of aryl methyl sites for hydroxylation is 2. The van der Waals surface area contributed by atoms with Crippen LogP contribution >= 0.6 is 0 Å². The van der Waals surface area contributed by atoms with E-state index in [2.05, 4.69) is 15.6 Å². The number of para-hydroxylation sites is 2. The van der Waals surface area contributed by atoms with E-state index in [-0.39, 0.29) is 5.56 Å². The topological polar surface area (TPSA) is 80.5 Å². The molecule has 1 aliphatic heterocycles. The maximum atomic E-state index is 12.7. The van der Waals surface area contributed by atoms with Crippen LogP contribution in [0.3, 0.4) is 0 Å². The number of nitrogens with one attached hydrogen (secondary N) is 2. The van der Waals surface area contributed by atoms with Crippen LogP contribution in [-0.2, 0) is 0 Å². The molecule has 4 rings (SSSR count). The Bertz CT molecular complexity index is 1100. The van der Waals surface area contributed by atoms with Crippen LogP contribution in [0.15, 0.2) is 64.4 Å². The van der Waals surface area contributed by atoms with Crippen molar-refractivity contribution < 1.29 is 4.74 Å². The lowest BCUT2D eigenvalue weighted by atomic mass is 10.1. The van der Waals surface area contributed by atoms with E-state index in [1.807, 2.05) is 55.5 Å². The normalized spacial score (nSPS) is 15.2. The molecule has 0 saturated heterocycles. The summed E-state index contributed by atoms with van der Waals surface area (Å²) < 4.78 is 6.96. The van der Waals surface area contributed by atoms with Crippen molar-refractivity contribution >= 4 is 17.6 Å². The first-order chi connectivity index (χ1) is 13.5. The first kappa shape index (κ1) is 17.8. The molecular formula is C21H21N5O2. The predicted molar refractivity (Wildman–Crippen MR) is 110 cm³/mol. The zero-order valence-corrected chi connectivity index (χ0v) is 15.9. The third-order valence-corrected chi connectivity index (χ3v) is 4.54. The highest BCUT2D eigenvalue weighted by molar-refractivity contribution is 6.04. The average molecular weight is 375 g/mol. The van der Waals surface area contributed by atoms with Gasteiger partial charge in [-0.05, 0) is 31.5 Å². The minimum Gasteiger partial charge on any atom is -0.495 e. The summed E-state index contributed by atoms with van der Waals surface area (Å²) in [5, 5.41) is 6.37. The lowest BCUT2D eigenvalue weighted by molar-refractivity contribution is 0.417. The number of nitrogens with zero attached hydrogens (tertiary/aromatic N) is 3. The van der Waals surface area contributed by atoms with Crippen molar-refractivity contribution in [2.75, 3.05) is 17.7 Å². The monoisotopic (exact) mass is 375 g/mol. The number of hydrogen-bond donors (Lipinski definition) is 2. The largest absolute Gasteiger partial charge is 0.495 e. The van der Waals surface area contributed by atoms with Crippen LogP contribution in [0.5, 0.6) is 5.75 Å². The van der Waals surface area contributed by atoms with E-state index in [0.29, 0.717) is 23.4 Å². The second kappa shape index (κ2) is 7.19. The minimum atomic E-state index is -0.519. The van der Waals surface area contributed by atoms with Crippen LogP contribution in [0.25, 0.3) is 0 Å². The Morgan fingerprint density at radius 2 is 1.86 bits per heavy atom. The van der Waals surface area contributed by atoms with E-state index in [1.165, 1.54) is 6.07 Å². The second-order valence-corrected chi connectivity index (χ2v) is 6.64. The Hall–Kier alpha value is -3.61. The van der Waals surface area contributed by atoms with Crippen molar-refractivity contribution in [3.63, 3.8) is 0 Å². The number of rotatable bonds is 3. The Kier molecular flexibility index (Phi) is 4.57. The van der Waals surface area contributed by atoms with Crippen LogP contribution in [-0.4, -0.2) is 22.6 Å². The number of guanidine groups is 1. The fourth-order valence-electron chi connectivity index (χ4n) is 3.15. The summed E-state index contributed by atoms with van der Waals surface area (Å²) in [6.07, 6.45) is -0.519. The van der Waals surface area contributed by atoms with Gasteiger partial charge in [0.25, 0.3) is 5.56 Å². The van der Waals surface area contributed by atoms with Gasteiger partial charge in [0.2, 0.25) is 11.9 Å². The van der Waals surface area contributed by atoms with Crippen LogP contribution in [0.4, 0.5) is 11.6 Å². The summed E-state index contributed by atoms with van der Waals surface area (Å²) >= 11 is 0. The lowest BCUT2D eigenvalue weighted by Gasteiger charge is -2.27. The zero-order valence-electron chi connectivity index (χ0n) is 15.9. The summed E-state index contributed by atoms with van der Waals surface area (Å²) in [5.41, 5.74) is 3.30. The number of aromatic nitrogens is 2. The molecule has 0 saturated carbocycles. The van der Waals surface area contributed by atoms with Gasteiger partial charge in [-0.3, -0.25) is 14.7 Å². The molecule has 0 spiro atoms. The minimum absolute atomic E-state index is 0.152. The van der Waals surface area contributed by atoms with E-state index < -0.39 is 6.17 Å². The molecule has 142 valence electrons. The molecule has 7 nitrogen and oxygen atoms in total. The molecule has 0 aliphatic carbocycles. The first-order valence-corrected chi connectivity index (χ1v) is 8.97. The molecule has 1 aromatic heterocycles. The van der Waals surface area contributed by atoms with E-state index >= 15 is 0 Å². The van der Waals surface area contributed by atoms with Gasteiger partial charge in [-0.2, -0.15) is 0 Å². The highest BCUT2D eigenvalue weighted by atomic mass is 16.5. The number of ether oxygens (including phenoxy) is 1. The highest BCUT2D eigenvalue weighted by Crippen LogP contribution is 2.28. The Labute approximate surface area is 162 Å². The van der Waals surface area contributed by atoms with Crippen molar-refractivity contribution in [1.29, 1.82) is 0 Å².